The molecule has 0 aliphatic heterocycles. The number of pyridine rings is 1. The summed E-state index contributed by atoms with van der Waals surface area (Å²) in [5.74, 6) is -0.357. The van der Waals surface area contributed by atoms with Crippen LogP contribution in [0.25, 0.3) is 16.7 Å². The molecule has 0 spiro atoms. The van der Waals surface area contributed by atoms with E-state index in [0.29, 0.717) is 11.3 Å². The minimum absolute atomic E-state index is 0.357. The molecule has 26 heavy (non-hydrogen) atoms. The Morgan fingerprint density at radius 1 is 1.23 bits per heavy atom. The van der Waals surface area contributed by atoms with Crippen molar-refractivity contribution in [1.29, 1.82) is 0 Å². The Hall–Kier alpha value is -2.89. The molecule has 5 nitrogen and oxygen atoms in total. The summed E-state index contributed by atoms with van der Waals surface area (Å²) in [6.45, 7) is 7.39. The predicted octanol–water partition coefficient (Wildman–Crippen LogP) is 5.00. The Bertz CT molecular complexity index is 959. The molecule has 2 aromatic heterocycles. The van der Waals surface area contributed by atoms with Gasteiger partial charge in [0, 0.05) is 22.8 Å². The zero-order valence-corrected chi connectivity index (χ0v) is 15.3. The fraction of sp³-hybridized carbons (Fsp3) is 0.300. The standard InChI is InChI=1S/C20H22FN3O2/c1-13(24(19(25)26)20(2,3)4)17-11-14-7-6-10-22-18(14)23(17)16-9-5-8-15(21)12-16/h5-13H,1-4H3,(H,25,26). The molecule has 1 atom stereocenters. The number of hydrogen-bond donors (Lipinski definition) is 1. The third-order valence-electron chi connectivity index (χ3n) is 4.40. The van der Waals surface area contributed by atoms with Gasteiger partial charge in [-0.25, -0.2) is 14.2 Å². The normalized spacial score (nSPS) is 13.0. The van der Waals surface area contributed by atoms with E-state index in [-0.39, 0.29) is 5.82 Å². The fourth-order valence-electron chi connectivity index (χ4n) is 3.41. The summed E-state index contributed by atoms with van der Waals surface area (Å²) in [4.78, 5) is 17.8. The molecule has 136 valence electrons. The second-order valence-electron chi connectivity index (χ2n) is 7.30. The molecule has 1 aromatic carbocycles. The number of carboxylic acid groups (broad SMARTS) is 1. The molecule has 6 heteroatoms. The highest BCUT2D eigenvalue weighted by molar-refractivity contribution is 5.80. The first-order chi connectivity index (χ1) is 12.2. The molecule has 3 aromatic rings. The third kappa shape index (κ3) is 3.14. The van der Waals surface area contributed by atoms with Gasteiger partial charge in [0.25, 0.3) is 0 Å². The van der Waals surface area contributed by atoms with E-state index < -0.39 is 17.7 Å². The number of rotatable bonds is 3. The van der Waals surface area contributed by atoms with Crippen LogP contribution in [0.2, 0.25) is 0 Å². The van der Waals surface area contributed by atoms with Gasteiger partial charge in [-0.15, -0.1) is 0 Å². The van der Waals surface area contributed by atoms with Gasteiger partial charge in [-0.1, -0.05) is 6.07 Å². The molecule has 1 unspecified atom stereocenters. The first-order valence-corrected chi connectivity index (χ1v) is 8.44. The number of aromatic nitrogens is 2. The lowest BCUT2D eigenvalue weighted by Gasteiger charge is -2.38. The Kier molecular flexibility index (Phi) is 4.44. The molecule has 1 N–H and O–H groups in total. The van der Waals surface area contributed by atoms with Gasteiger partial charge in [-0.2, -0.15) is 0 Å². The Labute approximate surface area is 151 Å². The Morgan fingerprint density at radius 3 is 2.58 bits per heavy atom. The summed E-state index contributed by atoms with van der Waals surface area (Å²) in [5, 5.41) is 10.6. The maximum atomic E-state index is 13.8. The zero-order valence-electron chi connectivity index (χ0n) is 15.3. The Balaban J connectivity index is 2.26. The smallest absolute Gasteiger partial charge is 0.408 e. The van der Waals surface area contributed by atoms with Crippen LogP contribution in [-0.2, 0) is 0 Å². The van der Waals surface area contributed by atoms with E-state index in [9.17, 15) is 14.3 Å². The topological polar surface area (TPSA) is 58.4 Å². The van der Waals surface area contributed by atoms with E-state index in [1.54, 1.807) is 18.3 Å². The van der Waals surface area contributed by atoms with Crippen molar-refractivity contribution >= 4 is 17.1 Å². The summed E-state index contributed by atoms with van der Waals surface area (Å²) < 4.78 is 15.7. The van der Waals surface area contributed by atoms with Crippen LogP contribution in [0.4, 0.5) is 9.18 Å². The third-order valence-corrected chi connectivity index (χ3v) is 4.40. The molecule has 3 rings (SSSR count). The molecule has 0 radical (unpaired) electrons. The SMILES string of the molecule is CC(c1cc2cccnc2n1-c1cccc(F)c1)N(C(=O)O)C(C)(C)C. The number of fused-ring (bicyclic) bond motifs is 1. The van der Waals surface area contributed by atoms with E-state index in [1.165, 1.54) is 17.0 Å². The van der Waals surface area contributed by atoms with Crippen LogP contribution >= 0.6 is 0 Å². The van der Waals surface area contributed by atoms with Crippen molar-refractivity contribution < 1.29 is 14.3 Å². The van der Waals surface area contributed by atoms with Gasteiger partial charge in [0.1, 0.15) is 11.5 Å². The number of benzene rings is 1. The molecule has 0 bridgehead atoms. The number of carbonyl (C=O) groups is 1. The van der Waals surface area contributed by atoms with E-state index in [0.717, 1.165) is 11.1 Å². The average Bonchev–Trinajstić information content (AvgIpc) is 2.92. The van der Waals surface area contributed by atoms with Crippen molar-refractivity contribution in [2.75, 3.05) is 0 Å². The van der Waals surface area contributed by atoms with Crippen molar-refractivity contribution in [3.63, 3.8) is 0 Å². The summed E-state index contributed by atoms with van der Waals surface area (Å²) in [7, 11) is 0. The van der Waals surface area contributed by atoms with Crippen molar-refractivity contribution in [3.05, 3.63) is 60.2 Å². The highest BCUT2D eigenvalue weighted by atomic mass is 19.1. The monoisotopic (exact) mass is 355 g/mol. The van der Waals surface area contributed by atoms with Crippen LogP contribution in [0.3, 0.4) is 0 Å². The van der Waals surface area contributed by atoms with Gasteiger partial charge in [0.05, 0.1) is 11.7 Å². The minimum atomic E-state index is -1.01. The van der Waals surface area contributed by atoms with Gasteiger partial charge in [-0.05, 0) is 64.1 Å². The van der Waals surface area contributed by atoms with E-state index in [1.807, 2.05) is 50.5 Å². The van der Waals surface area contributed by atoms with Crippen LogP contribution in [0.5, 0.6) is 0 Å². The van der Waals surface area contributed by atoms with Gasteiger partial charge in [-0.3, -0.25) is 9.47 Å². The number of hydrogen-bond acceptors (Lipinski definition) is 2. The highest BCUT2D eigenvalue weighted by Gasteiger charge is 2.33. The van der Waals surface area contributed by atoms with Gasteiger partial charge >= 0.3 is 6.09 Å². The van der Waals surface area contributed by atoms with Crippen LogP contribution in [0.15, 0.2) is 48.7 Å². The first-order valence-electron chi connectivity index (χ1n) is 8.44. The molecule has 2 heterocycles. The lowest BCUT2D eigenvalue weighted by molar-refractivity contribution is 0.0736. The van der Waals surface area contributed by atoms with Crippen molar-refractivity contribution in [1.82, 2.24) is 14.5 Å². The maximum Gasteiger partial charge on any atom is 0.408 e. The van der Waals surface area contributed by atoms with Crippen LogP contribution < -0.4 is 0 Å². The van der Waals surface area contributed by atoms with E-state index in [2.05, 4.69) is 4.98 Å². The summed E-state index contributed by atoms with van der Waals surface area (Å²) in [6.07, 6.45) is 0.666. The quantitative estimate of drug-likeness (QED) is 0.719. The summed E-state index contributed by atoms with van der Waals surface area (Å²) in [5.41, 5.74) is 1.42. The number of amides is 1. The molecule has 1 amide bonds. The molecule has 0 aliphatic carbocycles. The second kappa shape index (κ2) is 6.44. The van der Waals surface area contributed by atoms with Crippen molar-refractivity contribution in [2.24, 2.45) is 0 Å². The minimum Gasteiger partial charge on any atom is -0.465 e. The molecule has 0 saturated heterocycles. The van der Waals surface area contributed by atoms with E-state index in [4.69, 9.17) is 0 Å². The largest absolute Gasteiger partial charge is 0.465 e. The highest BCUT2D eigenvalue weighted by Crippen LogP contribution is 2.33. The second-order valence-corrected chi connectivity index (χ2v) is 7.30. The average molecular weight is 355 g/mol. The molecular weight excluding hydrogens is 333 g/mol. The maximum absolute atomic E-state index is 13.8. The van der Waals surface area contributed by atoms with Crippen molar-refractivity contribution in [3.8, 4) is 5.69 Å². The van der Waals surface area contributed by atoms with E-state index >= 15 is 0 Å². The van der Waals surface area contributed by atoms with Gasteiger partial charge < -0.3 is 5.11 Å². The van der Waals surface area contributed by atoms with Crippen LogP contribution in [-0.4, -0.2) is 31.2 Å². The lowest BCUT2D eigenvalue weighted by atomic mass is 10.0. The van der Waals surface area contributed by atoms with Gasteiger partial charge in [0.2, 0.25) is 0 Å². The Morgan fingerprint density at radius 2 is 1.96 bits per heavy atom. The zero-order chi connectivity index (χ0) is 19.1. The first kappa shape index (κ1) is 17.9. The van der Waals surface area contributed by atoms with Crippen LogP contribution in [0.1, 0.15) is 39.4 Å². The lowest BCUT2D eigenvalue weighted by Crippen LogP contribution is -2.46. The van der Waals surface area contributed by atoms with Gasteiger partial charge in [0.15, 0.2) is 0 Å². The number of nitrogens with zero attached hydrogens (tertiary/aromatic N) is 3. The predicted molar refractivity (Wildman–Crippen MR) is 99.1 cm³/mol. The molecule has 0 fully saturated rings. The summed E-state index contributed by atoms with van der Waals surface area (Å²) in [6, 6.07) is 11.4. The van der Waals surface area contributed by atoms with Crippen molar-refractivity contribution in [2.45, 2.75) is 39.3 Å². The summed E-state index contributed by atoms with van der Waals surface area (Å²) >= 11 is 0. The molecule has 0 aliphatic rings. The molecular formula is C20H22FN3O2. The molecule has 0 saturated carbocycles. The van der Waals surface area contributed by atoms with Crippen LogP contribution in [0, 0.1) is 5.82 Å². The number of halogens is 1. The fourth-order valence-corrected chi connectivity index (χ4v) is 3.41.